The van der Waals surface area contributed by atoms with Gasteiger partial charge in [0.2, 0.25) is 10.0 Å². The number of nitrogens with one attached hydrogen (secondary N) is 2. The lowest BCUT2D eigenvalue weighted by Crippen LogP contribution is -2.33. The fourth-order valence-corrected chi connectivity index (χ4v) is 3.21. The molecule has 0 spiro atoms. The van der Waals surface area contributed by atoms with Gasteiger partial charge in [0.1, 0.15) is 0 Å². The molecule has 0 atom stereocenters. The van der Waals surface area contributed by atoms with Crippen molar-refractivity contribution in [2.75, 3.05) is 33.4 Å². The average Bonchev–Trinajstić information content (AvgIpc) is 2.59. The van der Waals surface area contributed by atoms with Crippen LogP contribution in [-0.2, 0) is 14.8 Å². The van der Waals surface area contributed by atoms with Gasteiger partial charge < -0.3 is 10.1 Å². The molecule has 0 bridgehead atoms. The van der Waals surface area contributed by atoms with Crippen LogP contribution in [-0.4, -0.2) is 41.8 Å². The maximum atomic E-state index is 12.3. The monoisotopic (exact) mass is 334 g/mol. The molecule has 0 saturated heterocycles. The summed E-state index contributed by atoms with van der Waals surface area (Å²) in [5.74, 6) is 0. The van der Waals surface area contributed by atoms with Crippen molar-refractivity contribution in [1.29, 1.82) is 0 Å². The molecule has 2 N–H and O–H groups in total. The Morgan fingerprint density at radius 3 is 2.39 bits per heavy atom. The molecule has 2 aromatic rings. The minimum Gasteiger partial charge on any atom is -0.383 e. The molecule has 0 aliphatic carbocycles. The van der Waals surface area contributed by atoms with E-state index < -0.39 is 10.0 Å². The number of methoxy groups -OCH3 is 1. The highest BCUT2D eigenvalue weighted by Crippen LogP contribution is 2.21. The molecule has 0 aliphatic heterocycles. The van der Waals surface area contributed by atoms with Crippen molar-refractivity contribution in [1.82, 2.24) is 10.0 Å². The molecule has 6 heteroatoms. The largest absolute Gasteiger partial charge is 0.383 e. The molecule has 0 saturated carbocycles. The molecule has 2 aromatic carbocycles. The average molecular weight is 334 g/mol. The lowest BCUT2D eigenvalue weighted by Gasteiger charge is -2.09. The van der Waals surface area contributed by atoms with Crippen molar-refractivity contribution in [2.24, 2.45) is 0 Å². The van der Waals surface area contributed by atoms with Crippen molar-refractivity contribution in [3.05, 3.63) is 54.6 Å². The number of hydrogen-bond donors (Lipinski definition) is 2. The van der Waals surface area contributed by atoms with Crippen molar-refractivity contribution >= 4 is 10.0 Å². The van der Waals surface area contributed by atoms with E-state index in [0.717, 1.165) is 11.1 Å². The van der Waals surface area contributed by atoms with Crippen LogP contribution in [0.5, 0.6) is 0 Å². The Bertz CT molecular complexity index is 703. The second kappa shape index (κ2) is 8.79. The highest BCUT2D eigenvalue weighted by atomic mass is 32.2. The van der Waals surface area contributed by atoms with E-state index in [2.05, 4.69) is 10.0 Å². The van der Waals surface area contributed by atoms with E-state index in [1.165, 1.54) is 0 Å². The molecule has 0 unspecified atom stereocenters. The SMILES string of the molecule is COCCNCCNS(=O)(=O)c1cccc(-c2ccccc2)c1. The van der Waals surface area contributed by atoms with Crippen LogP contribution in [0.15, 0.2) is 59.5 Å². The van der Waals surface area contributed by atoms with Crippen LogP contribution in [0.1, 0.15) is 0 Å². The van der Waals surface area contributed by atoms with Crippen LogP contribution in [0.4, 0.5) is 0 Å². The Kier molecular flexibility index (Phi) is 6.73. The van der Waals surface area contributed by atoms with E-state index >= 15 is 0 Å². The van der Waals surface area contributed by atoms with E-state index in [0.29, 0.717) is 26.2 Å². The van der Waals surface area contributed by atoms with Gasteiger partial charge in [0.15, 0.2) is 0 Å². The third-order valence-corrected chi connectivity index (χ3v) is 4.79. The first kappa shape index (κ1) is 17.6. The fourth-order valence-electron chi connectivity index (χ4n) is 2.13. The lowest BCUT2D eigenvalue weighted by molar-refractivity contribution is 0.199. The van der Waals surface area contributed by atoms with Gasteiger partial charge in [-0.1, -0.05) is 42.5 Å². The number of benzene rings is 2. The molecule has 124 valence electrons. The quantitative estimate of drug-likeness (QED) is 0.687. The zero-order valence-corrected chi connectivity index (χ0v) is 14.0. The minimum atomic E-state index is -3.50. The van der Waals surface area contributed by atoms with Gasteiger partial charge in [-0.2, -0.15) is 0 Å². The molecule has 5 nitrogen and oxygen atoms in total. The normalized spacial score (nSPS) is 11.5. The van der Waals surface area contributed by atoms with Gasteiger partial charge in [0.05, 0.1) is 11.5 Å². The third kappa shape index (κ3) is 5.44. The molecule has 0 fully saturated rings. The number of sulfonamides is 1. The van der Waals surface area contributed by atoms with Crippen LogP contribution < -0.4 is 10.0 Å². The summed E-state index contributed by atoms with van der Waals surface area (Å²) in [4.78, 5) is 0.274. The summed E-state index contributed by atoms with van der Waals surface area (Å²) in [7, 11) is -1.88. The highest BCUT2D eigenvalue weighted by molar-refractivity contribution is 7.89. The van der Waals surface area contributed by atoms with Crippen LogP contribution >= 0.6 is 0 Å². The smallest absolute Gasteiger partial charge is 0.240 e. The van der Waals surface area contributed by atoms with E-state index in [1.54, 1.807) is 25.3 Å². The van der Waals surface area contributed by atoms with Gasteiger partial charge in [0.25, 0.3) is 0 Å². The molecule has 0 amide bonds. The Balaban J connectivity index is 2.00. The number of rotatable bonds is 9. The Morgan fingerprint density at radius 1 is 0.913 bits per heavy atom. The van der Waals surface area contributed by atoms with E-state index in [4.69, 9.17) is 4.74 Å². The predicted molar refractivity (Wildman–Crippen MR) is 91.8 cm³/mol. The second-order valence-electron chi connectivity index (χ2n) is 5.03. The van der Waals surface area contributed by atoms with Crippen molar-refractivity contribution in [2.45, 2.75) is 4.90 Å². The summed E-state index contributed by atoms with van der Waals surface area (Å²) in [6.07, 6.45) is 0. The maximum absolute atomic E-state index is 12.3. The van der Waals surface area contributed by atoms with Crippen LogP contribution in [0.2, 0.25) is 0 Å². The zero-order chi connectivity index (χ0) is 16.5. The van der Waals surface area contributed by atoms with Gasteiger partial charge in [-0.3, -0.25) is 0 Å². The fraction of sp³-hybridized carbons (Fsp3) is 0.294. The molecule has 0 radical (unpaired) electrons. The lowest BCUT2D eigenvalue weighted by atomic mass is 10.1. The van der Waals surface area contributed by atoms with Crippen LogP contribution in [0, 0.1) is 0 Å². The van der Waals surface area contributed by atoms with E-state index in [1.807, 2.05) is 36.4 Å². The molecule has 23 heavy (non-hydrogen) atoms. The molecule has 2 rings (SSSR count). The summed E-state index contributed by atoms with van der Waals surface area (Å²) in [5, 5.41) is 3.10. The summed E-state index contributed by atoms with van der Waals surface area (Å²) in [6, 6.07) is 16.7. The summed E-state index contributed by atoms with van der Waals surface area (Å²) in [6.45, 7) is 2.19. The van der Waals surface area contributed by atoms with Crippen molar-refractivity contribution < 1.29 is 13.2 Å². The Morgan fingerprint density at radius 2 is 1.65 bits per heavy atom. The Labute approximate surface area is 137 Å². The molecule has 0 aliphatic rings. The molecule has 0 aromatic heterocycles. The highest BCUT2D eigenvalue weighted by Gasteiger charge is 2.13. The maximum Gasteiger partial charge on any atom is 0.240 e. The third-order valence-electron chi connectivity index (χ3n) is 3.33. The van der Waals surface area contributed by atoms with Crippen LogP contribution in [0.3, 0.4) is 0 Å². The van der Waals surface area contributed by atoms with Gasteiger partial charge in [-0.25, -0.2) is 13.1 Å². The second-order valence-corrected chi connectivity index (χ2v) is 6.80. The van der Waals surface area contributed by atoms with E-state index in [9.17, 15) is 8.42 Å². The van der Waals surface area contributed by atoms with Gasteiger partial charge >= 0.3 is 0 Å². The van der Waals surface area contributed by atoms with Gasteiger partial charge in [-0.15, -0.1) is 0 Å². The van der Waals surface area contributed by atoms with Gasteiger partial charge in [0, 0.05) is 26.7 Å². The summed E-state index contributed by atoms with van der Waals surface area (Å²) in [5.41, 5.74) is 1.87. The topological polar surface area (TPSA) is 67.4 Å². The van der Waals surface area contributed by atoms with Crippen molar-refractivity contribution in [3.8, 4) is 11.1 Å². The standard InChI is InChI=1S/C17H22N2O3S/c1-22-13-12-18-10-11-19-23(20,21)17-9-5-8-16(14-17)15-6-3-2-4-7-15/h2-9,14,18-19H,10-13H2,1H3. The minimum absolute atomic E-state index is 0.274. The van der Waals surface area contributed by atoms with E-state index in [-0.39, 0.29) is 4.90 Å². The van der Waals surface area contributed by atoms with Crippen molar-refractivity contribution in [3.63, 3.8) is 0 Å². The number of hydrogen-bond acceptors (Lipinski definition) is 4. The first-order chi connectivity index (χ1) is 11.1. The molecule has 0 heterocycles. The summed E-state index contributed by atoms with van der Waals surface area (Å²) < 4.78 is 32.2. The first-order valence-electron chi connectivity index (χ1n) is 7.48. The first-order valence-corrected chi connectivity index (χ1v) is 8.96. The predicted octanol–water partition coefficient (Wildman–Crippen LogP) is 1.87. The van der Waals surface area contributed by atoms with Gasteiger partial charge in [-0.05, 0) is 23.3 Å². The zero-order valence-electron chi connectivity index (χ0n) is 13.2. The Hall–Kier alpha value is -1.73. The van der Waals surface area contributed by atoms with Crippen LogP contribution in [0.25, 0.3) is 11.1 Å². The number of ether oxygens (including phenoxy) is 1. The molecular weight excluding hydrogens is 312 g/mol. The molecular formula is C17H22N2O3S. The summed E-state index contributed by atoms with van der Waals surface area (Å²) >= 11 is 0.